The monoisotopic (exact) mass is 268 g/mol. The van der Waals surface area contributed by atoms with Gasteiger partial charge in [-0.05, 0) is 26.7 Å². The highest BCUT2D eigenvalue weighted by Crippen LogP contribution is 2.25. The van der Waals surface area contributed by atoms with E-state index in [0.717, 1.165) is 25.2 Å². The predicted molar refractivity (Wildman–Crippen MR) is 80.5 cm³/mol. The lowest BCUT2D eigenvalue weighted by atomic mass is 9.97. The quantitative estimate of drug-likeness (QED) is 0.737. The highest BCUT2D eigenvalue weighted by molar-refractivity contribution is 4.93. The van der Waals surface area contributed by atoms with E-state index in [1.807, 2.05) is 0 Å². The van der Waals surface area contributed by atoms with E-state index in [0.29, 0.717) is 12.2 Å². The zero-order chi connectivity index (χ0) is 13.8. The summed E-state index contributed by atoms with van der Waals surface area (Å²) in [6.07, 6.45) is 6.18. The van der Waals surface area contributed by atoms with Crippen LogP contribution in [0.1, 0.15) is 53.4 Å². The Hall–Kier alpha value is -0.120. The van der Waals surface area contributed by atoms with Gasteiger partial charge in [0, 0.05) is 38.3 Å². The molecule has 0 aromatic rings. The number of ether oxygens (including phenoxy) is 1. The molecule has 3 heteroatoms. The summed E-state index contributed by atoms with van der Waals surface area (Å²) in [5.41, 5.74) is 0. The fourth-order valence-electron chi connectivity index (χ4n) is 3.71. The molecule has 112 valence electrons. The Balaban J connectivity index is 1.78. The van der Waals surface area contributed by atoms with Crippen LogP contribution in [0.5, 0.6) is 0 Å². The first-order valence-corrected chi connectivity index (χ1v) is 8.27. The van der Waals surface area contributed by atoms with Gasteiger partial charge in [-0.1, -0.05) is 26.7 Å². The van der Waals surface area contributed by atoms with Crippen molar-refractivity contribution in [3.63, 3.8) is 0 Å². The zero-order valence-electron chi connectivity index (χ0n) is 13.3. The van der Waals surface area contributed by atoms with Crippen molar-refractivity contribution in [3.8, 4) is 0 Å². The molecule has 0 N–H and O–H groups in total. The Kier molecular flexibility index (Phi) is 5.67. The van der Waals surface area contributed by atoms with Crippen LogP contribution in [0.15, 0.2) is 0 Å². The van der Waals surface area contributed by atoms with E-state index in [4.69, 9.17) is 4.74 Å². The van der Waals surface area contributed by atoms with Crippen molar-refractivity contribution in [3.05, 3.63) is 0 Å². The summed E-state index contributed by atoms with van der Waals surface area (Å²) in [5, 5.41) is 0. The van der Waals surface area contributed by atoms with E-state index in [1.54, 1.807) is 0 Å². The van der Waals surface area contributed by atoms with Gasteiger partial charge in [-0.2, -0.15) is 0 Å². The third-order valence-electron chi connectivity index (χ3n) is 4.61. The molecule has 2 atom stereocenters. The first kappa shape index (κ1) is 15.3. The molecule has 19 heavy (non-hydrogen) atoms. The third kappa shape index (κ3) is 3.93. The summed E-state index contributed by atoms with van der Waals surface area (Å²) < 4.78 is 5.83. The summed E-state index contributed by atoms with van der Waals surface area (Å²) >= 11 is 0. The van der Waals surface area contributed by atoms with Crippen LogP contribution in [0, 0.1) is 0 Å². The molecular weight excluding hydrogens is 236 g/mol. The van der Waals surface area contributed by atoms with Crippen molar-refractivity contribution in [2.24, 2.45) is 0 Å². The molecule has 2 saturated heterocycles. The third-order valence-corrected chi connectivity index (χ3v) is 4.61. The molecule has 2 fully saturated rings. The average molecular weight is 268 g/mol. The van der Waals surface area contributed by atoms with Gasteiger partial charge in [-0.15, -0.1) is 0 Å². The van der Waals surface area contributed by atoms with E-state index in [9.17, 15) is 0 Å². The van der Waals surface area contributed by atoms with E-state index in [-0.39, 0.29) is 0 Å². The molecule has 0 spiro atoms. The Morgan fingerprint density at radius 2 is 1.47 bits per heavy atom. The molecule has 2 heterocycles. The maximum Gasteiger partial charge on any atom is 0.0678 e. The first-order chi connectivity index (χ1) is 9.13. The predicted octanol–water partition coefficient (Wildman–Crippen LogP) is 2.75. The molecule has 0 amide bonds. The second kappa shape index (κ2) is 7.05. The topological polar surface area (TPSA) is 15.7 Å². The fraction of sp³-hybridized carbons (Fsp3) is 1.00. The van der Waals surface area contributed by atoms with Crippen LogP contribution in [0.4, 0.5) is 0 Å². The number of rotatable bonds is 6. The van der Waals surface area contributed by atoms with Crippen molar-refractivity contribution in [2.75, 3.05) is 26.2 Å². The molecule has 0 aromatic heterocycles. The maximum absolute atomic E-state index is 5.83. The Morgan fingerprint density at radius 1 is 0.947 bits per heavy atom. The summed E-state index contributed by atoms with van der Waals surface area (Å²) in [7, 11) is 0. The molecule has 0 aliphatic carbocycles. The van der Waals surface area contributed by atoms with Crippen molar-refractivity contribution in [1.29, 1.82) is 0 Å². The van der Waals surface area contributed by atoms with Gasteiger partial charge in [0.15, 0.2) is 0 Å². The minimum atomic E-state index is 0.403. The zero-order valence-corrected chi connectivity index (χ0v) is 13.3. The second-order valence-corrected chi connectivity index (χ2v) is 6.55. The lowest BCUT2D eigenvalue weighted by Gasteiger charge is -2.51. The average Bonchev–Trinajstić information content (AvgIpc) is 2.26. The fourth-order valence-corrected chi connectivity index (χ4v) is 3.71. The van der Waals surface area contributed by atoms with Crippen molar-refractivity contribution in [1.82, 2.24) is 9.80 Å². The molecule has 0 saturated carbocycles. The molecular formula is C16H32N2O. The van der Waals surface area contributed by atoms with Crippen LogP contribution in [-0.4, -0.2) is 60.3 Å². The molecule has 3 nitrogen and oxygen atoms in total. The smallest absolute Gasteiger partial charge is 0.0678 e. The Labute approximate surface area is 119 Å². The van der Waals surface area contributed by atoms with Gasteiger partial charge in [0.05, 0.1) is 12.2 Å². The summed E-state index contributed by atoms with van der Waals surface area (Å²) in [6.45, 7) is 13.8. The molecule has 0 aromatic carbocycles. The van der Waals surface area contributed by atoms with Gasteiger partial charge < -0.3 is 4.74 Å². The van der Waals surface area contributed by atoms with Crippen LogP contribution in [0.25, 0.3) is 0 Å². The highest BCUT2D eigenvalue weighted by atomic mass is 16.5. The van der Waals surface area contributed by atoms with Gasteiger partial charge in [0.25, 0.3) is 0 Å². The number of hydrogen-bond acceptors (Lipinski definition) is 3. The number of hydrogen-bond donors (Lipinski definition) is 0. The minimum Gasteiger partial charge on any atom is -0.373 e. The van der Waals surface area contributed by atoms with Gasteiger partial charge in [0.1, 0.15) is 0 Å². The molecule has 2 rings (SSSR count). The molecule has 0 radical (unpaired) electrons. The Morgan fingerprint density at radius 3 is 1.95 bits per heavy atom. The molecule has 2 aliphatic heterocycles. The number of likely N-dealkylation sites (tertiary alicyclic amines) is 1. The summed E-state index contributed by atoms with van der Waals surface area (Å²) in [5.74, 6) is 0. The van der Waals surface area contributed by atoms with Crippen LogP contribution in [0.2, 0.25) is 0 Å². The van der Waals surface area contributed by atoms with E-state index in [1.165, 1.54) is 38.8 Å². The summed E-state index contributed by atoms with van der Waals surface area (Å²) in [6, 6.07) is 1.62. The van der Waals surface area contributed by atoms with E-state index < -0.39 is 0 Å². The SMILES string of the molecule is CCCC(CCC)N1CC(N2C[C@@H](C)O[C@@H](C)C2)C1. The summed E-state index contributed by atoms with van der Waals surface area (Å²) in [4.78, 5) is 5.37. The molecule has 2 aliphatic rings. The normalized spacial score (nSPS) is 30.8. The molecule has 0 bridgehead atoms. The maximum atomic E-state index is 5.83. The van der Waals surface area contributed by atoms with Crippen LogP contribution in [-0.2, 0) is 4.74 Å². The largest absolute Gasteiger partial charge is 0.373 e. The molecule has 0 unspecified atom stereocenters. The van der Waals surface area contributed by atoms with Gasteiger partial charge in [0.2, 0.25) is 0 Å². The van der Waals surface area contributed by atoms with Crippen LogP contribution >= 0.6 is 0 Å². The standard InChI is InChI=1S/C16H32N2O/c1-5-7-15(8-6-2)18-11-16(12-18)17-9-13(3)19-14(4)10-17/h13-16H,5-12H2,1-4H3/t13-,14+. The van der Waals surface area contributed by atoms with Crippen molar-refractivity contribution >= 4 is 0 Å². The van der Waals surface area contributed by atoms with E-state index >= 15 is 0 Å². The van der Waals surface area contributed by atoms with Gasteiger partial charge in [-0.25, -0.2) is 0 Å². The number of morpholine rings is 1. The van der Waals surface area contributed by atoms with Gasteiger partial charge in [-0.3, -0.25) is 9.80 Å². The highest BCUT2D eigenvalue weighted by Gasteiger charge is 2.37. The van der Waals surface area contributed by atoms with Crippen LogP contribution < -0.4 is 0 Å². The lowest BCUT2D eigenvalue weighted by Crippen LogP contribution is -2.65. The lowest BCUT2D eigenvalue weighted by molar-refractivity contribution is -0.107. The minimum absolute atomic E-state index is 0.403. The Bertz CT molecular complexity index is 249. The van der Waals surface area contributed by atoms with Gasteiger partial charge >= 0.3 is 0 Å². The van der Waals surface area contributed by atoms with E-state index in [2.05, 4.69) is 37.5 Å². The first-order valence-electron chi connectivity index (χ1n) is 8.27. The second-order valence-electron chi connectivity index (χ2n) is 6.55. The van der Waals surface area contributed by atoms with Crippen molar-refractivity contribution in [2.45, 2.75) is 77.7 Å². The number of nitrogens with zero attached hydrogens (tertiary/aromatic N) is 2. The van der Waals surface area contributed by atoms with Crippen LogP contribution in [0.3, 0.4) is 0 Å². The van der Waals surface area contributed by atoms with Crippen molar-refractivity contribution < 1.29 is 4.74 Å².